The Balaban J connectivity index is 1.95. The number of pyridine rings is 1. The van der Waals surface area contributed by atoms with Gasteiger partial charge >= 0.3 is 0 Å². The Kier molecular flexibility index (Phi) is 4.89. The molecule has 0 spiro atoms. The van der Waals surface area contributed by atoms with Crippen LogP contribution in [-0.4, -0.2) is 34.7 Å². The molecule has 0 radical (unpaired) electrons. The van der Waals surface area contributed by atoms with Crippen LogP contribution >= 0.6 is 11.6 Å². The van der Waals surface area contributed by atoms with Crippen molar-refractivity contribution >= 4 is 35.1 Å². The predicted molar refractivity (Wildman–Crippen MR) is 109 cm³/mol. The number of rotatable bonds is 3. The van der Waals surface area contributed by atoms with Gasteiger partial charge in [0.2, 0.25) is 5.91 Å². The monoisotopic (exact) mass is 399 g/mol. The number of carbonyl (C=O) groups is 2. The van der Waals surface area contributed by atoms with E-state index >= 15 is 0 Å². The van der Waals surface area contributed by atoms with Crippen LogP contribution in [0.4, 0.5) is 5.69 Å². The summed E-state index contributed by atoms with van der Waals surface area (Å²) in [4.78, 5) is 35.2. The number of guanidine groups is 1. The van der Waals surface area contributed by atoms with Crippen molar-refractivity contribution in [2.75, 3.05) is 12.4 Å². The van der Waals surface area contributed by atoms with Crippen molar-refractivity contribution in [3.63, 3.8) is 0 Å². The first-order valence-electron chi connectivity index (χ1n) is 8.73. The summed E-state index contributed by atoms with van der Waals surface area (Å²) in [5.74, 6) is -0.324. The summed E-state index contributed by atoms with van der Waals surface area (Å²) in [5.41, 5.74) is 5.84. The van der Waals surface area contributed by atoms with Crippen molar-refractivity contribution in [2.45, 2.75) is 26.3 Å². The minimum absolute atomic E-state index is 0.123. The van der Waals surface area contributed by atoms with E-state index in [2.05, 4.69) is 15.3 Å². The first kappa shape index (κ1) is 19.8. The molecule has 3 N–H and O–H groups in total. The molecule has 146 valence electrons. The minimum atomic E-state index is -0.889. The molecule has 28 heavy (non-hydrogen) atoms. The predicted octanol–water partition coefficient (Wildman–Crippen LogP) is 3.02. The number of aromatic nitrogens is 1. The van der Waals surface area contributed by atoms with Crippen molar-refractivity contribution in [2.24, 2.45) is 16.1 Å². The van der Waals surface area contributed by atoms with Crippen molar-refractivity contribution in [1.82, 2.24) is 9.88 Å². The molecule has 1 aromatic carbocycles. The Hall–Kier alpha value is -2.93. The topological polar surface area (TPSA) is 101 Å². The van der Waals surface area contributed by atoms with Crippen molar-refractivity contribution in [1.29, 1.82) is 0 Å². The highest BCUT2D eigenvalue weighted by atomic mass is 35.5. The molecule has 3 rings (SSSR count). The zero-order valence-corrected chi connectivity index (χ0v) is 16.9. The van der Waals surface area contributed by atoms with Gasteiger partial charge < -0.3 is 11.1 Å². The first-order valence-corrected chi connectivity index (χ1v) is 9.11. The average molecular weight is 400 g/mol. The molecule has 2 heterocycles. The largest absolute Gasteiger partial charge is 0.369 e. The number of aliphatic imine (C=N–C) groups is 1. The molecule has 0 fully saturated rings. The summed E-state index contributed by atoms with van der Waals surface area (Å²) < 4.78 is 0. The van der Waals surface area contributed by atoms with E-state index in [0.717, 1.165) is 5.56 Å². The number of nitrogens with one attached hydrogen (secondary N) is 1. The lowest BCUT2D eigenvalue weighted by Gasteiger charge is -2.46. The zero-order chi connectivity index (χ0) is 20.7. The Morgan fingerprint density at radius 1 is 1.21 bits per heavy atom. The van der Waals surface area contributed by atoms with Crippen LogP contribution in [0.5, 0.6) is 0 Å². The fourth-order valence-corrected chi connectivity index (χ4v) is 3.32. The van der Waals surface area contributed by atoms with Gasteiger partial charge in [-0.05, 0) is 50.6 Å². The second kappa shape index (κ2) is 6.91. The lowest BCUT2D eigenvalue weighted by molar-refractivity contribution is -0.140. The van der Waals surface area contributed by atoms with Crippen LogP contribution < -0.4 is 11.1 Å². The maximum Gasteiger partial charge on any atom is 0.274 e. The summed E-state index contributed by atoms with van der Waals surface area (Å²) in [5, 5.41) is 3.27. The van der Waals surface area contributed by atoms with Gasteiger partial charge in [0.25, 0.3) is 5.91 Å². The van der Waals surface area contributed by atoms with Crippen LogP contribution in [0.2, 0.25) is 5.02 Å². The molecule has 7 nitrogen and oxygen atoms in total. The Bertz CT molecular complexity index is 971. The van der Waals surface area contributed by atoms with Crippen LogP contribution in [0.1, 0.15) is 36.8 Å². The lowest BCUT2D eigenvalue weighted by atomic mass is 9.68. The van der Waals surface area contributed by atoms with Gasteiger partial charge in [0.15, 0.2) is 5.96 Å². The van der Waals surface area contributed by atoms with Gasteiger partial charge in [-0.25, -0.2) is 9.98 Å². The van der Waals surface area contributed by atoms with Crippen LogP contribution in [0.3, 0.4) is 0 Å². The van der Waals surface area contributed by atoms with E-state index in [4.69, 9.17) is 17.3 Å². The zero-order valence-electron chi connectivity index (χ0n) is 16.2. The molecule has 2 aromatic rings. The van der Waals surface area contributed by atoms with Gasteiger partial charge in [-0.15, -0.1) is 0 Å². The maximum absolute atomic E-state index is 12.8. The molecule has 1 unspecified atom stereocenters. The third-order valence-electron chi connectivity index (χ3n) is 5.38. The highest BCUT2D eigenvalue weighted by molar-refractivity contribution is 6.30. The van der Waals surface area contributed by atoms with Gasteiger partial charge in [-0.3, -0.25) is 14.5 Å². The average Bonchev–Trinajstić information content (AvgIpc) is 2.66. The number of amides is 2. The third kappa shape index (κ3) is 3.22. The van der Waals surface area contributed by atoms with Crippen LogP contribution in [0, 0.1) is 5.41 Å². The fourth-order valence-electron chi connectivity index (χ4n) is 3.21. The molecule has 0 saturated heterocycles. The smallest absolute Gasteiger partial charge is 0.274 e. The molecular formula is C20H22ClN5O2. The van der Waals surface area contributed by atoms with Crippen LogP contribution in [0.25, 0.3) is 0 Å². The molecule has 0 aliphatic carbocycles. The van der Waals surface area contributed by atoms with E-state index in [9.17, 15) is 9.59 Å². The summed E-state index contributed by atoms with van der Waals surface area (Å²) >= 11 is 5.81. The Morgan fingerprint density at radius 3 is 2.57 bits per heavy atom. The lowest BCUT2D eigenvalue weighted by Crippen LogP contribution is -2.58. The molecule has 0 bridgehead atoms. The first-order chi connectivity index (χ1) is 13.1. The number of benzene rings is 1. The summed E-state index contributed by atoms with van der Waals surface area (Å²) in [6.45, 7) is 5.54. The van der Waals surface area contributed by atoms with Gasteiger partial charge in [0, 0.05) is 18.9 Å². The number of hydrogen-bond acceptors (Lipinski definition) is 5. The number of halogens is 1. The second-order valence-corrected chi connectivity index (χ2v) is 7.86. The fraction of sp³-hybridized carbons (Fsp3) is 0.300. The number of carbonyl (C=O) groups excluding carboxylic acids is 2. The van der Waals surface area contributed by atoms with Gasteiger partial charge in [-0.2, -0.15) is 0 Å². The highest BCUT2D eigenvalue weighted by Crippen LogP contribution is 2.46. The minimum Gasteiger partial charge on any atom is -0.369 e. The van der Waals surface area contributed by atoms with E-state index in [1.165, 1.54) is 11.1 Å². The SMILES string of the molecule is CN1C(=O)C(C)(C)C(C)(c2cccc(NC(=O)c3ccc(Cl)cn3)c2)N=C1N. The van der Waals surface area contributed by atoms with Gasteiger partial charge in [0.1, 0.15) is 11.2 Å². The molecule has 1 aliphatic rings. The van der Waals surface area contributed by atoms with Crippen LogP contribution in [-0.2, 0) is 10.3 Å². The van der Waals surface area contributed by atoms with E-state index in [1.807, 2.05) is 26.8 Å². The van der Waals surface area contributed by atoms with Crippen LogP contribution in [0.15, 0.2) is 47.6 Å². The quantitative estimate of drug-likeness (QED) is 0.828. The maximum atomic E-state index is 12.8. The highest BCUT2D eigenvalue weighted by Gasteiger charge is 2.52. The molecule has 1 atom stereocenters. The molecule has 8 heteroatoms. The third-order valence-corrected chi connectivity index (χ3v) is 5.60. The van der Waals surface area contributed by atoms with E-state index in [1.54, 1.807) is 37.4 Å². The normalized spacial score (nSPS) is 21.2. The van der Waals surface area contributed by atoms with Crippen molar-refractivity contribution in [3.8, 4) is 0 Å². The second-order valence-electron chi connectivity index (χ2n) is 7.43. The molecule has 2 amide bonds. The number of anilines is 1. The van der Waals surface area contributed by atoms with Crippen molar-refractivity contribution in [3.05, 3.63) is 58.9 Å². The molecular weight excluding hydrogens is 378 g/mol. The Morgan fingerprint density at radius 2 is 1.93 bits per heavy atom. The molecule has 1 aromatic heterocycles. The number of nitrogens with two attached hydrogens (primary N) is 1. The van der Waals surface area contributed by atoms with E-state index in [-0.39, 0.29) is 23.5 Å². The Labute approximate surface area is 168 Å². The van der Waals surface area contributed by atoms with Gasteiger partial charge in [-0.1, -0.05) is 23.7 Å². The molecule has 0 saturated carbocycles. The van der Waals surface area contributed by atoms with E-state index < -0.39 is 11.0 Å². The standard InChI is InChI=1S/C20H22ClN5O2/c1-19(2)17(28)26(4)18(22)25-20(19,3)12-6-5-7-14(10-12)24-16(27)15-9-8-13(21)11-23-15/h5-11H,1-4H3,(H2,22,25)(H,24,27). The number of nitrogens with zero attached hydrogens (tertiary/aromatic N) is 3. The van der Waals surface area contributed by atoms with Crippen molar-refractivity contribution < 1.29 is 9.59 Å². The molecule has 1 aliphatic heterocycles. The van der Waals surface area contributed by atoms with E-state index in [0.29, 0.717) is 10.7 Å². The summed E-state index contributed by atoms with van der Waals surface area (Å²) in [7, 11) is 1.61. The van der Waals surface area contributed by atoms with Gasteiger partial charge in [0.05, 0.1) is 10.4 Å². The number of hydrogen-bond donors (Lipinski definition) is 2. The summed E-state index contributed by atoms with van der Waals surface area (Å²) in [6.07, 6.45) is 1.41. The summed E-state index contributed by atoms with van der Waals surface area (Å²) in [6, 6.07) is 10.4.